The van der Waals surface area contributed by atoms with Crippen LogP contribution in [-0.4, -0.2) is 41.9 Å². The first-order valence-corrected chi connectivity index (χ1v) is 7.28. The van der Waals surface area contributed by atoms with Crippen LogP contribution >= 0.6 is 0 Å². The number of aryl methyl sites for hydroxylation is 1. The van der Waals surface area contributed by atoms with Gasteiger partial charge >= 0.3 is 6.18 Å². The summed E-state index contributed by atoms with van der Waals surface area (Å²) in [5, 5.41) is 0. The number of nitrogens with zero attached hydrogens (tertiary/aromatic N) is 3. The number of aromatic nitrogens is 2. The quantitative estimate of drug-likeness (QED) is 0.850. The molecule has 1 atom stereocenters. The molecule has 0 spiro atoms. The summed E-state index contributed by atoms with van der Waals surface area (Å²) in [6.07, 6.45) is -6.16. The van der Waals surface area contributed by atoms with E-state index in [0.29, 0.717) is 23.9 Å². The summed E-state index contributed by atoms with van der Waals surface area (Å²) in [6.45, 7) is 1.94. The minimum absolute atomic E-state index is 0.0217. The highest BCUT2D eigenvalue weighted by molar-refractivity contribution is 5.58. The van der Waals surface area contributed by atoms with Crippen molar-refractivity contribution in [1.82, 2.24) is 9.97 Å². The maximum absolute atomic E-state index is 12.9. The van der Waals surface area contributed by atoms with Crippen LogP contribution in [0, 0.1) is 6.92 Å². The molecule has 0 unspecified atom stereocenters. The summed E-state index contributed by atoms with van der Waals surface area (Å²) < 4.78 is 43.4. The zero-order valence-electron chi connectivity index (χ0n) is 12.5. The molecule has 23 heavy (non-hydrogen) atoms. The van der Waals surface area contributed by atoms with E-state index in [9.17, 15) is 13.2 Å². The summed E-state index contributed by atoms with van der Waals surface area (Å²) in [5.41, 5.74) is 1.54. The van der Waals surface area contributed by atoms with Crippen LogP contribution in [0.5, 0.6) is 0 Å². The number of rotatable bonds is 2. The Labute approximate surface area is 131 Å². The molecule has 7 heteroatoms. The first-order chi connectivity index (χ1) is 10.9. The molecule has 2 heterocycles. The lowest BCUT2D eigenvalue weighted by Gasteiger charge is -2.34. The van der Waals surface area contributed by atoms with Gasteiger partial charge in [-0.1, -0.05) is 30.3 Å². The smallest absolute Gasteiger partial charge is 0.365 e. The van der Waals surface area contributed by atoms with Crippen molar-refractivity contribution in [2.75, 3.05) is 24.6 Å². The number of morpholine rings is 1. The first kappa shape index (κ1) is 15.7. The fourth-order valence-electron chi connectivity index (χ4n) is 2.49. The predicted molar refractivity (Wildman–Crippen MR) is 80.2 cm³/mol. The molecule has 1 fully saturated rings. The van der Waals surface area contributed by atoms with Crippen LogP contribution in [0.15, 0.2) is 36.4 Å². The van der Waals surface area contributed by atoms with E-state index >= 15 is 0 Å². The fourth-order valence-corrected chi connectivity index (χ4v) is 2.49. The topological polar surface area (TPSA) is 38.2 Å². The SMILES string of the molecule is Cc1cc(N2CCO[C@H](C(F)(F)F)C2)nc(-c2ccccc2)n1. The lowest BCUT2D eigenvalue weighted by molar-refractivity contribution is -0.221. The molecule has 3 rings (SSSR count). The van der Waals surface area contributed by atoms with E-state index in [1.807, 2.05) is 30.3 Å². The number of anilines is 1. The maximum atomic E-state index is 12.9. The van der Waals surface area contributed by atoms with Gasteiger partial charge in [0.1, 0.15) is 5.82 Å². The summed E-state index contributed by atoms with van der Waals surface area (Å²) in [7, 11) is 0. The fraction of sp³-hybridized carbons (Fsp3) is 0.375. The van der Waals surface area contributed by atoms with Gasteiger partial charge in [-0.15, -0.1) is 0 Å². The number of hydrogen-bond donors (Lipinski definition) is 0. The maximum Gasteiger partial charge on any atom is 0.416 e. The van der Waals surface area contributed by atoms with E-state index in [2.05, 4.69) is 9.97 Å². The molecule has 4 nitrogen and oxygen atoms in total. The van der Waals surface area contributed by atoms with Gasteiger partial charge in [-0.25, -0.2) is 9.97 Å². The van der Waals surface area contributed by atoms with E-state index in [1.54, 1.807) is 17.9 Å². The van der Waals surface area contributed by atoms with Crippen molar-refractivity contribution in [2.45, 2.75) is 19.2 Å². The molecule has 0 N–H and O–H groups in total. The summed E-state index contributed by atoms with van der Waals surface area (Å²) >= 11 is 0. The largest absolute Gasteiger partial charge is 0.416 e. The summed E-state index contributed by atoms with van der Waals surface area (Å²) in [5.74, 6) is 1.00. The minimum atomic E-state index is -4.37. The number of halogens is 3. The van der Waals surface area contributed by atoms with Crippen molar-refractivity contribution in [3.8, 4) is 11.4 Å². The van der Waals surface area contributed by atoms with Crippen LogP contribution in [0.2, 0.25) is 0 Å². The lowest BCUT2D eigenvalue weighted by Crippen LogP contribution is -2.49. The molecule has 1 aromatic heterocycles. The molecule has 0 aliphatic carbocycles. The second-order valence-electron chi connectivity index (χ2n) is 5.40. The highest BCUT2D eigenvalue weighted by Gasteiger charge is 2.43. The van der Waals surface area contributed by atoms with E-state index < -0.39 is 12.3 Å². The molecule has 122 valence electrons. The van der Waals surface area contributed by atoms with Gasteiger partial charge < -0.3 is 9.64 Å². The standard InChI is InChI=1S/C16H16F3N3O/c1-11-9-14(21-15(20-11)12-5-3-2-4-6-12)22-7-8-23-13(10-22)16(17,18)19/h2-6,9,13H,7-8,10H2,1H3/t13-/m0/s1. The minimum Gasteiger partial charge on any atom is -0.365 e. The third-order valence-electron chi connectivity index (χ3n) is 3.63. The van der Waals surface area contributed by atoms with Gasteiger partial charge in [-0.2, -0.15) is 13.2 Å². The van der Waals surface area contributed by atoms with E-state index in [1.165, 1.54) is 0 Å². The van der Waals surface area contributed by atoms with Crippen LogP contribution < -0.4 is 4.90 Å². The Morgan fingerprint density at radius 2 is 1.91 bits per heavy atom. The van der Waals surface area contributed by atoms with Gasteiger partial charge in [-0.3, -0.25) is 0 Å². The van der Waals surface area contributed by atoms with Gasteiger partial charge in [-0.05, 0) is 6.92 Å². The average molecular weight is 323 g/mol. The molecule has 1 aliphatic rings. The van der Waals surface area contributed by atoms with Crippen molar-refractivity contribution in [3.05, 3.63) is 42.1 Å². The third-order valence-corrected chi connectivity index (χ3v) is 3.63. The Hall–Kier alpha value is -2.15. The Balaban J connectivity index is 1.89. The van der Waals surface area contributed by atoms with Crippen molar-refractivity contribution in [3.63, 3.8) is 0 Å². The molecule has 0 saturated carbocycles. The zero-order chi connectivity index (χ0) is 16.4. The molecule has 2 aromatic rings. The highest BCUT2D eigenvalue weighted by Crippen LogP contribution is 2.28. The van der Waals surface area contributed by atoms with Crippen molar-refractivity contribution < 1.29 is 17.9 Å². The summed E-state index contributed by atoms with van der Waals surface area (Å²) in [6, 6.07) is 11.1. The van der Waals surface area contributed by atoms with Gasteiger partial charge in [0.25, 0.3) is 0 Å². The highest BCUT2D eigenvalue weighted by atomic mass is 19.4. The van der Waals surface area contributed by atoms with E-state index in [-0.39, 0.29) is 13.2 Å². The molecule has 1 aliphatic heterocycles. The molecule has 0 radical (unpaired) electrons. The van der Waals surface area contributed by atoms with Crippen molar-refractivity contribution >= 4 is 5.82 Å². The summed E-state index contributed by atoms with van der Waals surface area (Å²) in [4.78, 5) is 10.4. The number of alkyl halides is 3. The third kappa shape index (κ3) is 3.61. The molecule has 1 aromatic carbocycles. The van der Waals surface area contributed by atoms with E-state index in [4.69, 9.17) is 4.74 Å². The molecule has 1 saturated heterocycles. The van der Waals surface area contributed by atoms with Gasteiger partial charge in [0.2, 0.25) is 0 Å². The Kier molecular flexibility index (Phi) is 4.21. The number of benzene rings is 1. The van der Waals surface area contributed by atoms with Crippen LogP contribution in [0.3, 0.4) is 0 Å². The zero-order valence-corrected chi connectivity index (χ0v) is 12.5. The molecule has 0 bridgehead atoms. The lowest BCUT2D eigenvalue weighted by atomic mass is 10.2. The van der Waals surface area contributed by atoms with Crippen LogP contribution in [0.1, 0.15) is 5.69 Å². The second-order valence-corrected chi connectivity index (χ2v) is 5.40. The number of hydrogen-bond acceptors (Lipinski definition) is 4. The van der Waals surface area contributed by atoms with Gasteiger partial charge in [0.15, 0.2) is 11.9 Å². The molecular weight excluding hydrogens is 307 g/mol. The molecule has 0 amide bonds. The Morgan fingerprint density at radius 3 is 2.61 bits per heavy atom. The van der Waals surface area contributed by atoms with Gasteiger partial charge in [0, 0.05) is 23.9 Å². The second kappa shape index (κ2) is 6.16. The van der Waals surface area contributed by atoms with E-state index in [0.717, 1.165) is 5.56 Å². The van der Waals surface area contributed by atoms with Crippen molar-refractivity contribution in [2.24, 2.45) is 0 Å². The normalized spacial score (nSPS) is 19.0. The number of ether oxygens (including phenoxy) is 1. The monoisotopic (exact) mass is 323 g/mol. The van der Waals surface area contributed by atoms with Crippen LogP contribution in [0.4, 0.5) is 19.0 Å². The Bertz CT molecular complexity index is 676. The first-order valence-electron chi connectivity index (χ1n) is 7.28. The van der Waals surface area contributed by atoms with Crippen LogP contribution in [0.25, 0.3) is 11.4 Å². The Morgan fingerprint density at radius 1 is 1.17 bits per heavy atom. The average Bonchev–Trinajstić information content (AvgIpc) is 2.54. The molecular formula is C16H16F3N3O. The van der Waals surface area contributed by atoms with Gasteiger partial charge in [0.05, 0.1) is 13.2 Å². The van der Waals surface area contributed by atoms with Crippen molar-refractivity contribution in [1.29, 1.82) is 0 Å². The predicted octanol–water partition coefficient (Wildman–Crippen LogP) is 3.22. The van der Waals surface area contributed by atoms with Crippen LogP contribution in [-0.2, 0) is 4.74 Å².